The van der Waals surface area contributed by atoms with Crippen molar-refractivity contribution in [1.82, 2.24) is 10.6 Å². The summed E-state index contributed by atoms with van der Waals surface area (Å²) in [5, 5.41) is 5.63. The largest absolute Gasteiger partial charge is 0.351 e. The lowest BCUT2D eigenvalue weighted by atomic mass is 9.89. The number of carbonyl (C=O) groups is 2. The van der Waals surface area contributed by atoms with Crippen LogP contribution in [0.25, 0.3) is 0 Å². The number of imide groups is 1. The van der Waals surface area contributed by atoms with Gasteiger partial charge in [0, 0.05) is 18.5 Å². The monoisotopic (exact) mass is 211 g/mol. The van der Waals surface area contributed by atoms with Gasteiger partial charge in [0.05, 0.1) is 0 Å². The normalized spacial score (nSPS) is 33.7. The SMILES string of the molecule is NC(=O)NC(=O)CC1CC2CCC(C1)N2. The molecule has 2 aliphatic rings. The second kappa shape index (κ2) is 4.18. The molecule has 0 saturated carbocycles. The molecule has 2 aliphatic heterocycles. The van der Waals surface area contributed by atoms with E-state index in [-0.39, 0.29) is 5.91 Å². The van der Waals surface area contributed by atoms with E-state index < -0.39 is 6.03 Å². The molecule has 0 spiro atoms. The van der Waals surface area contributed by atoms with Crippen molar-refractivity contribution in [3.8, 4) is 0 Å². The van der Waals surface area contributed by atoms with Crippen LogP contribution < -0.4 is 16.4 Å². The van der Waals surface area contributed by atoms with Crippen molar-refractivity contribution in [2.75, 3.05) is 0 Å². The standard InChI is InChI=1S/C10H17N3O2/c11-10(15)13-9(14)5-6-3-7-1-2-8(4-6)12-7/h6-8,12H,1-5H2,(H3,11,13,14,15). The van der Waals surface area contributed by atoms with E-state index in [2.05, 4.69) is 10.6 Å². The lowest BCUT2D eigenvalue weighted by Crippen LogP contribution is -2.41. The zero-order chi connectivity index (χ0) is 10.8. The average molecular weight is 211 g/mol. The lowest BCUT2D eigenvalue weighted by Gasteiger charge is -2.28. The van der Waals surface area contributed by atoms with E-state index in [1.165, 1.54) is 12.8 Å². The highest BCUT2D eigenvalue weighted by atomic mass is 16.2. The van der Waals surface area contributed by atoms with Crippen LogP contribution in [0.5, 0.6) is 0 Å². The van der Waals surface area contributed by atoms with Crippen LogP contribution in [0.15, 0.2) is 0 Å². The highest BCUT2D eigenvalue weighted by Gasteiger charge is 2.34. The first-order valence-electron chi connectivity index (χ1n) is 5.49. The Bertz CT molecular complexity index is 268. The second-order valence-electron chi connectivity index (χ2n) is 4.59. The Morgan fingerprint density at radius 3 is 2.40 bits per heavy atom. The van der Waals surface area contributed by atoms with Gasteiger partial charge in [-0.2, -0.15) is 0 Å². The Hall–Kier alpha value is -1.10. The molecule has 2 fully saturated rings. The number of rotatable bonds is 2. The van der Waals surface area contributed by atoms with Gasteiger partial charge in [0.25, 0.3) is 0 Å². The summed E-state index contributed by atoms with van der Waals surface area (Å²) >= 11 is 0. The van der Waals surface area contributed by atoms with E-state index in [1.54, 1.807) is 0 Å². The zero-order valence-electron chi connectivity index (χ0n) is 8.66. The number of amides is 3. The van der Waals surface area contributed by atoms with E-state index in [1.807, 2.05) is 0 Å². The molecule has 5 heteroatoms. The van der Waals surface area contributed by atoms with Gasteiger partial charge in [0.1, 0.15) is 0 Å². The number of urea groups is 1. The molecule has 0 aromatic heterocycles. The molecule has 5 nitrogen and oxygen atoms in total. The molecule has 15 heavy (non-hydrogen) atoms. The topological polar surface area (TPSA) is 84.2 Å². The van der Waals surface area contributed by atoms with Crippen molar-refractivity contribution in [2.45, 2.75) is 44.2 Å². The van der Waals surface area contributed by atoms with Gasteiger partial charge in [-0.3, -0.25) is 10.1 Å². The minimum Gasteiger partial charge on any atom is -0.351 e. The average Bonchev–Trinajstić information content (AvgIpc) is 2.44. The molecule has 2 unspecified atom stereocenters. The van der Waals surface area contributed by atoms with Crippen molar-refractivity contribution in [3.63, 3.8) is 0 Å². The van der Waals surface area contributed by atoms with Crippen LogP contribution in [0.2, 0.25) is 0 Å². The van der Waals surface area contributed by atoms with Gasteiger partial charge in [-0.25, -0.2) is 4.79 Å². The summed E-state index contributed by atoms with van der Waals surface area (Å²) in [6.07, 6.45) is 4.96. The van der Waals surface area contributed by atoms with Gasteiger partial charge in [0.15, 0.2) is 0 Å². The number of hydrogen-bond donors (Lipinski definition) is 3. The Morgan fingerprint density at radius 1 is 1.27 bits per heavy atom. The van der Waals surface area contributed by atoms with Crippen molar-refractivity contribution in [2.24, 2.45) is 11.7 Å². The molecule has 2 atom stereocenters. The summed E-state index contributed by atoms with van der Waals surface area (Å²) in [4.78, 5) is 21.8. The predicted octanol–water partition coefficient (Wildman–Crippen LogP) is 0.102. The highest BCUT2D eigenvalue weighted by molar-refractivity contribution is 5.93. The third-order valence-electron chi connectivity index (χ3n) is 3.31. The number of carbonyl (C=O) groups excluding carboxylic acids is 2. The van der Waals surface area contributed by atoms with Crippen LogP contribution in [0.4, 0.5) is 4.79 Å². The maximum Gasteiger partial charge on any atom is 0.318 e. The maximum atomic E-state index is 11.3. The first-order chi connectivity index (χ1) is 7.13. The molecule has 0 radical (unpaired) electrons. The second-order valence-corrected chi connectivity index (χ2v) is 4.59. The van der Waals surface area contributed by atoms with E-state index in [0.717, 1.165) is 12.8 Å². The van der Waals surface area contributed by atoms with Crippen LogP contribution >= 0.6 is 0 Å². The minimum absolute atomic E-state index is 0.242. The quantitative estimate of drug-likeness (QED) is 0.605. The Morgan fingerprint density at radius 2 is 1.87 bits per heavy atom. The fourth-order valence-electron chi connectivity index (χ4n) is 2.79. The van der Waals surface area contributed by atoms with Gasteiger partial charge in [-0.1, -0.05) is 0 Å². The van der Waals surface area contributed by atoms with Gasteiger partial charge in [0.2, 0.25) is 5.91 Å². The van der Waals surface area contributed by atoms with Crippen LogP contribution in [-0.2, 0) is 4.79 Å². The molecular weight excluding hydrogens is 194 g/mol. The summed E-state index contributed by atoms with van der Waals surface area (Å²) in [6.45, 7) is 0. The fraction of sp³-hybridized carbons (Fsp3) is 0.800. The Balaban J connectivity index is 1.80. The first-order valence-corrected chi connectivity index (χ1v) is 5.49. The molecule has 3 amide bonds. The van der Waals surface area contributed by atoms with Crippen LogP contribution in [0.3, 0.4) is 0 Å². The van der Waals surface area contributed by atoms with Crippen molar-refractivity contribution in [1.29, 1.82) is 0 Å². The van der Waals surface area contributed by atoms with Gasteiger partial charge < -0.3 is 11.1 Å². The summed E-state index contributed by atoms with van der Waals surface area (Å²) < 4.78 is 0. The molecule has 2 bridgehead atoms. The Kier molecular flexibility index (Phi) is 2.90. The van der Waals surface area contributed by atoms with Crippen LogP contribution in [0, 0.1) is 5.92 Å². The predicted molar refractivity (Wildman–Crippen MR) is 55.0 cm³/mol. The highest BCUT2D eigenvalue weighted by Crippen LogP contribution is 2.32. The molecule has 0 aromatic carbocycles. The van der Waals surface area contributed by atoms with Crippen LogP contribution in [-0.4, -0.2) is 24.0 Å². The molecule has 0 aliphatic carbocycles. The van der Waals surface area contributed by atoms with E-state index in [4.69, 9.17) is 5.73 Å². The minimum atomic E-state index is -0.753. The molecule has 2 heterocycles. The fourth-order valence-corrected chi connectivity index (χ4v) is 2.79. The lowest BCUT2D eigenvalue weighted by molar-refractivity contribution is -0.121. The third kappa shape index (κ3) is 2.68. The smallest absolute Gasteiger partial charge is 0.318 e. The number of primary amides is 1. The van der Waals surface area contributed by atoms with Gasteiger partial charge >= 0.3 is 6.03 Å². The number of hydrogen-bond acceptors (Lipinski definition) is 3. The van der Waals surface area contributed by atoms with Crippen molar-refractivity contribution in [3.05, 3.63) is 0 Å². The van der Waals surface area contributed by atoms with Gasteiger partial charge in [-0.05, 0) is 31.6 Å². The molecule has 4 N–H and O–H groups in total. The zero-order valence-corrected chi connectivity index (χ0v) is 8.66. The first kappa shape index (κ1) is 10.4. The molecule has 0 aromatic rings. The van der Waals surface area contributed by atoms with Crippen molar-refractivity contribution >= 4 is 11.9 Å². The third-order valence-corrected chi connectivity index (χ3v) is 3.31. The summed E-state index contributed by atoms with van der Waals surface area (Å²) in [6, 6.07) is 0.405. The van der Waals surface area contributed by atoms with E-state index >= 15 is 0 Å². The van der Waals surface area contributed by atoms with Crippen molar-refractivity contribution < 1.29 is 9.59 Å². The number of fused-ring (bicyclic) bond motifs is 2. The number of piperidine rings is 1. The van der Waals surface area contributed by atoms with E-state index in [9.17, 15) is 9.59 Å². The number of nitrogens with one attached hydrogen (secondary N) is 2. The summed E-state index contributed by atoms with van der Waals surface area (Å²) in [5.41, 5.74) is 4.88. The van der Waals surface area contributed by atoms with E-state index in [0.29, 0.717) is 24.4 Å². The number of nitrogens with two attached hydrogens (primary N) is 1. The summed E-state index contributed by atoms with van der Waals surface area (Å²) in [7, 11) is 0. The maximum absolute atomic E-state index is 11.3. The molecule has 2 saturated heterocycles. The Labute approximate surface area is 88.8 Å². The molecule has 84 valence electrons. The molecule has 2 rings (SSSR count). The summed E-state index contributed by atoms with van der Waals surface area (Å²) in [5.74, 6) is 0.164. The van der Waals surface area contributed by atoms with Crippen LogP contribution in [0.1, 0.15) is 32.1 Å². The van der Waals surface area contributed by atoms with Gasteiger partial charge in [-0.15, -0.1) is 0 Å². The molecular formula is C10H17N3O2.